The fraction of sp³-hybridized carbons (Fsp3) is 0.533. The average Bonchev–Trinajstić information content (AvgIpc) is 3.21. The number of hydrogen-bond donors (Lipinski definition) is 7. The molecule has 0 radical (unpaired) electrons. The Labute approximate surface area is 162 Å². The molecule has 14 nitrogen and oxygen atoms in total. The molecule has 3 heterocycles. The Morgan fingerprint density at radius 1 is 1.28 bits per heavy atom. The van der Waals surface area contributed by atoms with Gasteiger partial charge in [0.2, 0.25) is 0 Å². The zero-order valence-electron chi connectivity index (χ0n) is 15.1. The van der Waals surface area contributed by atoms with Gasteiger partial charge >= 0.3 is 12.0 Å². The number of nitrogens with zero attached hydrogens (tertiary/aromatic N) is 4. The fourth-order valence-corrected chi connectivity index (χ4v) is 2.91. The molecule has 1 saturated heterocycles. The van der Waals surface area contributed by atoms with Crippen molar-refractivity contribution in [2.75, 3.05) is 11.9 Å². The van der Waals surface area contributed by atoms with Crippen LogP contribution in [0.15, 0.2) is 12.7 Å². The average molecular weight is 412 g/mol. The molecule has 1 unspecified atom stereocenters. The second-order valence-corrected chi connectivity index (χ2v) is 6.43. The number of aliphatic hydroxyl groups excluding tert-OH is 4. The van der Waals surface area contributed by atoms with E-state index in [0.29, 0.717) is 0 Å². The highest BCUT2D eigenvalue weighted by Crippen LogP contribution is 2.32. The zero-order valence-corrected chi connectivity index (χ0v) is 15.1. The van der Waals surface area contributed by atoms with Gasteiger partial charge in [-0.15, -0.1) is 0 Å². The summed E-state index contributed by atoms with van der Waals surface area (Å²) in [6.45, 7) is 0.710. The first-order valence-corrected chi connectivity index (χ1v) is 8.53. The minimum Gasteiger partial charge on any atom is -0.480 e. The maximum absolute atomic E-state index is 12.1. The molecule has 1 fully saturated rings. The van der Waals surface area contributed by atoms with Crippen LogP contribution in [-0.2, 0) is 9.53 Å². The largest absolute Gasteiger partial charge is 0.480 e. The van der Waals surface area contributed by atoms with Crippen molar-refractivity contribution in [3.8, 4) is 0 Å². The summed E-state index contributed by atoms with van der Waals surface area (Å²) in [6.07, 6.45) is -3.75. The molecule has 1 aliphatic rings. The predicted molar refractivity (Wildman–Crippen MR) is 93.6 cm³/mol. The molecule has 14 heteroatoms. The molecule has 3 rings (SSSR count). The van der Waals surface area contributed by atoms with Crippen LogP contribution >= 0.6 is 0 Å². The summed E-state index contributed by atoms with van der Waals surface area (Å²) in [4.78, 5) is 35.2. The number of carbonyl (C=O) groups excluding carboxylic acids is 1. The number of anilines is 1. The van der Waals surface area contributed by atoms with E-state index in [1.807, 2.05) is 0 Å². The van der Waals surface area contributed by atoms with Crippen molar-refractivity contribution < 1.29 is 39.9 Å². The number of hydrogen-bond acceptors (Lipinski definition) is 10. The molecule has 2 aromatic rings. The maximum Gasteiger partial charge on any atom is 0.328 e. The van der Waals surface area contributed by atoms with Crippen LogP contribution in [0.3, 0.4) is 0 Å². The van der Waals surface area contributed by atoms with Gasteiger partial charge in [0.1, 0.15) is 24.6 Å². The number of carboxylic acids is 1. The number of imidazole rings is 1. The van der Waals surface area contributed by atoms with E-state index in [-0.39, 0.29) is 17.0 Å². The molecule has 0 saturated carbocycles. The number of nitrogens with one attached hydrogen (secondary N) is 2. The Morgan fingerprint density at radius 3 is 2.59 bits per heavy atom. The summed E-state index contributed by atoms with van der Waals surface area (Å²) in [5.74, 6) is -1.48. The van der Waals surface area contributed by atoms with Gasteiger partial charge < -0.3 is 35.6 Å². The van der Waals surface area contributed by atoms with Crippen LogP contribution in [0.2, 0.25) is 0 Å². The summed E-state index contributed by atoms with van der Waals surface area (Å²) >= 11 is 0. The Hall–Kier alpha value is -2.91. The van der Waals surface area contributed by atoms with Crippen molar-refractivity contribution in [1.82, 2.24) is 24.8 Å². The van der Waals surface area contributed by atoms with Crippen LogP contribution in [0.4, 0.5) is 10.6 Å². The van der Waals surface area contributed by atoms with E-state index in [4.69, 9.17) is 9.84 Å². The van der Waals surface area contributed by atoms with Gasteiger partial charge in [0, 0.05) is 0 Å². The van der Waals surface area contributed by atoms with Crippen molar-refractivity contribution in [3.63, 3.8) is 0 Å². The van der Waals surface area contributed by atoms with Gasteiger partial charge in [-0.05, 0) is 6.92 Å². The number of urea groups is 1. The number of aromatic nitrogens is 4. The molecule has 2 amide bonds. The molecule has 29 heavy (non-hydrogen) atoms. The molecule has 2 aromatic heterocycles. The highest BCUT2D eigenvalue weighted by atomic mass is 16.6. The van der Waals surface area contributed by atoms with Crippen molar-refractivity contribution in [2.24, 2.45) is 0 Å². The van der Waals surface area contributed by atoms with Crippen LogP contribution < -0.4 is 10.6 Å². The van der Waals surface area contributed by atoms with Crippen LogP contribution in [-0.4, -0.2) is 94.1 Å². The van der Waals surface area contributed by atoms with E-state index in [2.05, 4.69) is 25.6 Å². The lowest BCUT2D eigenvalue weighted by molar-refractivity contribution is -0.141. The third kappa shape index (κ3) is 3.96. The van der Waals surface area contributed by atoms with Gasteiger partial charge in [0.15, 0.2) is 29.3 Å². The number of fused-ring (bicyclic) bond motifs is 1. The molecule has 7 N–H and O–H groups in total. The lowest BCUT2D eigenvalue weighted by Gasteiger charge is -2.17. The number of amides is 2. The third-order valence-corrected chi connectivity index (χ3v) is 4.42. The summed E-state index contributed by atoms with van der Waals surface area (Å²) in [6, 6.07) is -2.48. The van der Waals surface area contributed by atoms with E-state index in [1.54, 1.807) is 0 Å². The van der Waals surface area contributed by atoms with Crippen LogP contribution in [0, 0.1) is 0 Å². The minimum atomic E-state index is -1.54. The monoisotopic (exact) mass is 412 g/mol. The van der Waals surface area contributed by atoms with Gasteiger partial charge in [-0.25, -0.2) is 24.5 Å². The van der Waals surface area contributed by atoms with Crippen molar-refractivity contribution >= 4 is 29.0 Å². The number of carbonyl (C=O) groups is 2. The normalized spacial score (nSPS) is 26.2. The Morgan fingerprint density at radius 2 is 2.00 bits per heavy atom. The van der Waals surface area contributed by atoms with Crippen molar-refractivity contribution in [3.05, 3.63) is 12.7 Å². The number of aliphatic carboxylic acids is 1. The van der Waals surface area contributed by atoms with Gasteiger partial charge in [-0.2, -0.15) is 0 Å². The van der Waals surface area contributed by atoms with Crippen molar-refractivity contribution in [2.45, 2.75) is 43.6 Å². The Bertz CT molecular complexity index is 904. The highest BCUT2D eigenvalue weighted by Gasteiger charge is 2.44. The highest BCUT2D eigenvalue weighted by molar-refractivity contribution is 5.97. The van der Waals surface area contributed by atoms with Gasteiger partial charge in [0.25, 0.3) is 0 Å². The standard InChI is InChI=1S/C15H20N6O8/c1-5(23)7(14(26)27)19-15(28)20-11-8-12(17-3-16-11)21(4-18-8)13-10(25)9(24)6(2-22)29-13/h3-7,9-10,13,22-25H,2H2,1H3,(H,26,27)(H2,16,17,19,20,28)/t5?,6-,7+,9-,10-,13+/m1/s1. The molecule has 6 atom stereocenters. The summed E-state index contributed by atoms with van der Waals surface area (Å²) in [5.41, 5.74) is 0.250. The number of rotatable bonds is 6. The van der Waals surface area contributed by atoms with Crippen LogP contribution in [0.1, 0.15) is 13.2 Å². The summed E-state index contributed by atoms with van der Waals surface area (Å²) in [5, 5.41) is 52.2. The van der Waals surface area contributed by atoms with Gasteiger partial charge in [-0.1, -0.05) is 0 Å². The first kappa shape index (κ1) is 20.8. The quantitative estimate of drug-likeness (QED) is 0.261. The maximum atomic E-state index is 12.1. The van der Waals surface area contributed by atoms with E-state index >= 15 is 0 Å². The van der Waals surface area contributed by atoms with Gasteiger partial charge in [0.05, 0.1) is 19.0 Å². The van der Waals surface area contributed by atoms with Gasteiger partial charge in [-0.3, -0.25) is 9.88 Å². The summed E-state index contributed by atoms with van der Waals surface area (Å²) < 4.78 is 6.74. The van der Waals surface area contributed by atoms with E-state index in [0.717, 1.165) is 6.33 Å². The van der Waals surface area contributed by atoms with E-state index in [9.17, 15) is 30.0 Å². The SMILES string of the molecule is CC(O)[C@H](NC(=O)Nc1ncnc2c1ncn2[C@H]1O[C@H](CO)[C@@H](O)[C@H]1O)C(=O)O. The fourth-order valence-electron chi connectivity index (χ4n) is 2.91. The number of carboxylic acid groups (broad SMARTS) is 1. The van der Waals surface area contributed by atoms with E-state index in [1.165, 1.54) is 17.8 Å². The molecular formula is C15H20N6O8. The smallest absolute Gasteiger partial charge is 0.328 e. The molecule has 0 aromatic carbocycles. The number of ether oxygens (including phenoxy) is 1. The predicted octanol–water partition coefficient (Wildman–Crippen LogP) is -2.61. The van der Waals surface area contributed by atoms with Crippen LogP contribution in [0.5, 0.6) is 0 Å². The van der Waals surface area contributed by atoms with Crippen LogP contribution in [0.25, 0.3) is 11.2 Å². The Kier molecular flexibility index (Phi) is 5.90. The first-order valence-electron chi connectivity index (χ1n) is 8.53. The molecule has 1 aliphatic heterocycles. The molecule has 0 bridgehead atoms. The Balaban J connectivity index is 1.83. The second-order valence-electron chi connectivity index (χ2n) is 6.43. The molecule has 0 aliphatic carbocycles. The number of aliphatic hydroxyl groups is 4. The topological polar surface area (TPSA) is 212 Å². The minimum absolute atomic E-state index is 0.0623. The zero-order chi connectivity index (χ0) is 21.3. The lowest BCUT2D eigenvalue weighted by Crippen LogP contribution is -2.49. The van der Waals surface area contributed by atoms with E-state index < -0.39 is 55.3 Å². The lowest BCUT2D eigenvalue weighted by atomic mass is 10.1. The molecule has 158 valence electrons. The molecular weight excluding hydrogens is 392 g/mol. The second kappa shape index (κ2) is 8.22. The first-order chi connectivity index (χ1) is 13.7. The van der Waals surface area contributed by atoms with Crippen molar-refractivity contribution in [1.29, 1.82) is 0 Å². The molecule has 0 spiro atoms. The summed E-state index contributed by atoms with van der Waals surface area (Å²) in [7, 11) is 0. The third-order valence-electron chi connectivity index (χ3n) is 4.42.